The highest BCUT2D eigenvalue weighted by molar-refractivity contribution is 7.99. The quantitative estimate of drug-likeness (QED) is 0.352. The maximum atomic E-state index is 12.2. The summed E-state index contributed by atoms with van der Waals surface area (Å²) in [6.45, 7) is 4.01. The van der Waals surface area contributed by atoms with Crippen LogP contribution in [0, 0.1) is 11.8 Å². The molecule has 0 aliphatic heterocycles. The summed E-state index contributed by atoms with van der Waals surface area (Å²) in [4.78, 5) is 11.7. The number of thioether (sulfide) groups is 1. The molecule has 0 amide bonds. The van der Waals surface area contributed by atoms with Gasteiger partial charge in [0.2, 0.25) is 5.78 Å². The smallest absolute Gasteiger partial charge is 0.378 e. The van der Waals surface area contributed by atoms with Gasteiger partial charge in [0.1, 0.15) is 5.60 Å². The molecule has 0 unspecified atom stereocenters. The summed E-state index contributed by atoms with van der Waals surface area (Å²) in [5.74, 6) is 4.72. The van der Waals surface area contributed by atoms with Gasteiger partial charge in [-0.1, -0.05) is 44.6 Å². The van der Waals surface area contributed by atoms with Crippen molar-refractivity contribution in [2.24, 2.45) is 0 Å². The fourth-order valence-corrected chi connectivity index (χ4v) is 3.40. The summed E-state index contributed by atoms with van der Waals surface area (Å²) in [6.07, 6.45) is -2.13. The van der Waals surface area contributed by atoms with Crippen molar-refractivity contribution in [2.45, 2.75) is 69.0 Å². The third kappa shape index (κ3) is 8.29. The normalized spacial score (nSPS) is 11.8. The first-order chi connectivity index (χ1) is 12.2. The van der Waals surface area contributed by atoms with E-state index in [0.717, 1.165) is 23.3 Å². The van der Waals surface area contributed by atoms with E-state index in [0.29, 0.717) is 18.6 Å². The van der Waals surface area contributed by atoms with Crippen LogP contribution in [0.2, 0.25) is 0 Å². The lowest BCUT2D eigenvalue weighted by Gasteiger charge is -2.20. The van der Waals surface area contributed by atoms with Crippen molar-refractivity contribution in [3.8, 4) is 11.8 Å². The van der Waals surface area contributed by atoms with E-state index in [1.54, 1.807) is 0 Å². The van der Waals surface area contributed by atoms with Crippen LogP contribution in [-0.2, 0) is 4.79 Å². The molecule has 1 N–H and O–H groups in total. The Balaban J connectivity index is 2.63. The maximum absolute atomic E-state index is 12.2. The molecule has 0 fully saturated rings. The van der Waals surface area contributed by atoms with E-state index in [-0.39, 0.29) is 6.42 Å². The second kappa shape index (κ2) is 10.6. The molecule has 0 saturated carbocycles. The Bertz CT molecular complexity index is 638. The fraction of sp³-hybridized carbons (Fsp3) is 0.550. The number of aliphatic hydroxyl groups is 1. The van der Waals surface area contributed by atoms with Crippen molar-refractivity contribution in [1.82, 2.24) is 0 Å². The van der Waals surface area contributed by atoms with E-state index < -0.39 is 24.0 Å². The minimum atomic E-state index is -4.74. The molecule has 1 aromatic carbocycles. The van der Waals surface area contributed by atoms with E-state index in [9.17, 15) is 23.1 Å². The lowest BCUT2D eigenvalue weighted by atomic mass is 9.93. The van der Waals surface area contributed by atoms with Crippen LogP contribution in [0.1, 0.15) is 57.9 Å². The molecule has 1 aromatic rings. The second-order valence-electron chi connectivity index (χ2n) is 6.18. The summed E-state index contributed by atoms with van der Waals surface area (Å²) in [5, 5.41) is 10.5. The summed E-state index contributed by atoms with van der Waals surface area (Å²) in [5.41, 5.74) is -0.225. The van der Waals surface area contributed by atoms with E-state index >= 15 is 0 Å². The summed E-state index contributed by atoms with van der Waals surface area (Å²) in [7, 11) is 0. The molecule has 144 valence electrons. The molecule has 0 radical (unpaired) electrons. The number of hydrogen-bond acceptors (Lipinski definition) is 3. The van der Waals surface area contributed by atoms with Gasteiger partial charge in [-0.25, -0.2) is 0 Å². The summed E-state index contributed by atoms with van der Waals surface area (Å²) in [6, 6.07) is 7.36. The third-order valence-electron chi connectivity index (χ3n) is 3.73. The van der Waals surface area contributed by atoms with Gasteiger partial charge in [-0.2, -0.15) is 13.2 Å². The van der Waals surface area contributed by atoms with Gasteiger partial charge in [0.05, 0.1) is 0 Å². The van der Waals surface area contributed by atoms with Crippen molar-refractivity contribution >= 4 is 17.5 Å². The van der Waals surface area contributed by atoms with E-state index in [4.69, 9.17) is 0 Å². The predicted octanol–water partition coefficient (Wildman–Crippen LogP) is 5.37. The number of carbonyl (C=O) groups excluding carboxylic acids is 1. The zero-order valence-electron chi connectivity index (χ0n) is 15.2. The number of alkyl halides is 3. The minimum absolute atomic E-state index is 0.172. The number of rotatable bonds is 9. The van der Waals surface area contributed by atoms with E-state index in [1.165, 1.54) is 11.8 Å². The molecule has 2 nitrogen and oxygen atoms in total. The Morgan fingerprint density at radius 2 is 1.85 bits per heavy atom. The van der Waals surface area contributed by atoms with Gasteiger partial charge in [-0.15, -0.1) is 11.8 Å². The van der Waals surface area contributed by atoms with Crippen LogP contribution in [0.15, 0.2) is 29.2 Å². The molecule has 0 bridgehead atoms. The van der Waals surface area contributed by atoms with Crippen LogP contribution < -0.4 is 0 Å². The first-order valence-electron chi connectivity index (χ1n) is 8.78. The zero-order valence-corrected chi connectivity index (χ0v) is 16.0. The van der Waals surface area contributed by atoms with Crippen LogP contribution >= 0.6 is 11.8 Å². The van der Waals surface area contributed by atoms with Gasteiger partial charge < -0.3 is 5.11 Å². The van der Waals surface area contributed by atoms with Gasteiger partial charge >= 0.3 is 6.18 Å². The number of Topliss-reactive ketones (excluding diaryl/α,β-unsaturated/α-hetero) is 1. The highest BCUT2D eigenvalue weighted by Crippen LogP contribution is 2.23. The lowest BCUT2D eigenvalue weighted by molar-refractivity contribution is -0.171. The second-order valence-corrected chi connectivity index (χ2v) is 7.35. The molecular formula is C20H25F3O2S. The molecule has 0 aliphatic carbocycles. The predicted molar refractivity (Wildman–Crippen MR) is 99.1 cm³/mol. The van der Waals surface area contributed by atoms with Gasteiger partial charge in [-0.3, -0.25) is 4.79 Å². The molecule has 0 saturated heterocycles. The minimum Gasteiger partial charge on any atom is -0.378 e. The lowest BCUT2D eigenvalue weighted by Crippen LogP contribution is -2.25. The summed E-state index contributed by atoms with van der Waals surface area (Å²) < 4.78 is 36.5. The molecule has 26 heavy (non-hydrogen) atoms. The van der Waals surface area contributed by atoms with Crippen LogP contribution in [0.4, 0.5) is 13.2 Å². The molecule has 0 heterocycles. The van der Waals surface area contributed by atoms with Gasteiger partial charge in [-0.05, 0) is 43.2 Å². The highest BCUT2D eigenvalue weighted by Gasteiger charge is 2.37. The Hall–Kier alpha value is -1.45. The number of hydrogen-bond donors (Lipinski definition) is 1. The average molecular weight is 386 g/mol. The van der Waals surface area contributed by atoms with E-state index in [1.807, 2.05) is 38.1 Å². The Labute approximate surface area is 157 Å². The van der Waals surface area contributed by atoms with Gasteiger partial charge in [0.15, 0.2) is 0 Å². The van der Waals surface area contributed by atoms with Crippen LogP contribution in [0.5, 0.6) is 0 Å². The molecule has 6 heteroatoms. The molecular weight excluding hydrogens is 361 g/mol. The van der Waals surface area contributed by atoms with Crippen molar-refractivity contribution in [3.63, 3.8) is 0 Å². The number of carbonyl (C=O) groups is 1. The first-order valence-corrected chi connectivity index (χ1v) is 9.77. The van der Waals surface area contributed by atoms with Crippen LogP contribution in [-0.4, -0.2) is 28.4 Å². The van der Waals surface area contributed by atoms with Crippen LogP contribution in [0.25, 0.3) is 0 Å². The topological polar surface area (TPSA) is 37.3 Å². The van der Waals surface area contributed by atoms with Crippen molar-refractivity contribution in [3.05, 3.63) is 29.8 Å². The number of halogens is 3. The van der Waals surface area contributed by atoms with Crippen molar-refractivity contribution in [2.75, 3.05) is 5.75 Å². The van der Waals surface area contributed by atoms with E-state index in [2.05, 4.69) is 11.8 Å². The number of ketones is 1. The highest BCUT2D eigenvalue weighted by atomic mass is 32.2. The zero-order chi connectivity index (χ0) is 19.6. The Morgan fingerprint density at radius 3 is 2.42 bits per heavy atom. The third-order valence-corrected chi connectivity index (χ3v) is 4.81. The molecule has 0 aromatic heterocycles. The van der Waals surface area contributed by atoms with Crippen molar-refractivity contribution in [1.29, 1.82) is 0 Å². The number of benzene rings is 1. The molecule has 0 spiro atoms. The molecule has 1 rings (SSSR count). The molecule has 0 aliphatic rings. The standard InChI is InChI=1S/C20H25F3O2S/c1-3-11-19(25,12-4-2)13-10-16-7-5-8-17(15-16)26-14-6-9-18(24)20(21,22)23/h5,7-8,15,25H,3-4,6,9,11-12,14H2,1-2H3. The van der Waals surface area contributed by atoms with Gasteiger partial charge in [0, 0.05) is 16.9 Å². The van der Waals surface area contributed by atoms with Crippen LogP contribution in [0.3, 0.4) is 0 Å². The first kappa shape index (κ1) is 22.6. The maximum Gasteiger partial charge on any atom is 0.449 e. The monoisotopic (exact) mass is 386 g/mol. The Morgan fingerprint density at radius 1 is 1.19 bits per heavy atom. The SMILES string of the molecule is CCCC(O)(C#Cc1cccc(SCCCC(=O)C(F)(F)F)c1)CCC. The average Bonchev–Trinajstić information content (AvgIpc) is 2.57. The Kier molecular flexibility index (Phi) is 9.24. The van der Waals surface area contributed by atoms with Gasteiger partial charge in [0.25, 0.3) is 0 Å². The fourth-order valence-electron chi connectivity index (χ4n) is 2.49. The summed E-state index contributed by atoms with van der Waals surface area (Å²) >= 11 is 1.39. The molecule has 0 atom stereocenters. The largest absolute Gasteiger partial charge is 0.449 e. The van der Waals surface area contributed by atoms with Crippen molar-refractivity contribution < 1.29 is 23.1 Å².